The van der Waals surface area contributed by atoms with E-state index in [-0.39, 0.29) is 16.9 Å². The number of benzene rings is 1. The summed E-state index contributed by atoms with van der Waals surface area (Å²) in [6, 6.07) is 4.37. The van der Waals surface area contributed by atoms with Crippen LogP contribution in [-0.2, 0) is 14.8 Å². The quantitative estimate of drug-likeness (QED) is 0.852. The lowest BCUT2D eigenvalue weighted by Crippen LogP contribution is -2.31. The lowest BCUT2D eigenvalue weighted by molar-refractivity contribution is 0.0532. The third-order valence-corrected chi connectivity index (χ3v) is 3.74. The molecule has 1 aromatic carbocycles. The summed E-state index contributed by atoms with van der Waals surface area (Å²) in [6.45, 7) is 6.40. The Kier molecular flexibility index (Phi) is 5.88. The van der Waals surface area contributed by atoms with Gasteiger partial charge in [0.1, 0.15) is 0 Å². The maximum absolute atomic E-state index is 12.3. The Hall–Kier alpha value is -1.44. The van der Waals surface area contributed by atoms with Gasteiger partial charge in [-0.05, 0) is 44.5 Å². The van der Waals surface area contributed by atoms with Crippen molar-refractivity contribution < 1.29 is 17.9 Å². The fourth-order valence-corrected chi connectivity index (χ4v) is 2.42. The summed E-state index contributed by atoms with van der Waals surface area (Å²) >= 11 is 0. The predicted octanol–water partition coefficient (Wildman–Crippen LogP) is 1.14. The van der Waals surface area contributed by atoms with Crippen molar-refractivity contribution in [1.82, 2.24) is 4.90 Å². The molecule has 0 radical (unpaired) electrons. The maximum Gasteiger partial charge on any atom is 0.253 e. The van der Waals surface area contributed by atoms with Crippen molar-refractivity contribution >= 4 is 15.9 Å². The minimum absolute atomic E-state index is 0.0577. The molecule has 0 aliphatic heterocycles. The zero-order valence-corrected chi connectivity index (χ0v) is 13.6. The molecule has 1 rings (SSSR count). The molecule has 0 saturated heterocycles. The van der Waals surface area contributed by atoms with Crippen LogP contribution in [0.5, 0.6) is 0 Å². The SMILES string of the molecule is Cc1cc(C(=O)N(C)CCOC(C)C)cc(S(N)(=O)=O)c1. The lowest BCUT2D eigenvalue weighted by atomic mass is 10.1. The molecule has 21 heavy (non-hydrogen) atoms. The summed E-state index contributed by atoms with van der Waals surface area (Å²) < 4.78 is 28.2. The molecule has 1 amide bonds. The molecule has 0 atom stereocenters. The lowest BCUT2D eigenvalue weighted by Gasteiger charge is -2.18. The van der Waals surface area contributed by atoms with Gasteiger partial charge in [0.15, 0.2) is 0 Å². The Morgan fingerprint density at radius 1 is 1.33 bits per heavy atom. The van der Waals surface area contributed by atoms with Crippen molar-refractivity contribution in [3.8, 4) is 0 Å². The molecular formula is C14H22N2O4S. The summed E-state index contributed by atoms with van der Waals surface area (Å²) in [5, 5.41) is 5.11. The van der Waals surface area contributed by atoms with Gasteiger partial charge in [0, 0.05) is 19.2 Å². The molecular weight excluding hydrogens is 292 g/mol. The molecule has 2 N–H and O–H groups in total. The van der Waals surface area contributed by atoms with Crippen LogP contribution in [0.1, 0.15) is 29.8 Å². The highest BCUT2D eigenvalue weighted by molar-refractivity contribution is 7.89. The van der Waals surface area contributed by atoms with Gasteiger partial charge in [-0.25, -0.2) is 13.6 Å². The number of sulfonamides is 1. The van der Waals surface area contributed by atoms with Gasteiger partial charge >= 0.3 is 0 Å². The highest BCUT2D eigenvalue weighted by atomic mass is 32.2. The number of primary sulfonamides is 1. The highest BCUT2D eigenvalue weighted by Gasteiger charge is 2.16. The van der Waals surface area contributed by atoms with Crippen molar-refractivity contribution in [2.45, 2.75) is 31.8 Å². The van der Waals surface area contributed by atoms with Crippen molar-refractivity contribution in [2.75, 3.05) is 20.2 Å². The van der Waals surface area contributed by atoms with E-state index in [1.807, 2.05) is 13.8 Å². The number of amides is 1. The van der Waals surface area contributed by atoms with Crippen LogP contribution in [0.25, 0.3) is 0 Å². The van der Waals surface area contributed by atoms with Crippen molar-refractivity contribution in [1.29, 1.82) is 0 Å². The monoisotopic (exact) mass is 314 g/mol. The van der Waals surface area contributed by atoms with Gasteiger partial charge in [-0.1, -0.05) is 0 Å². The third-order valence-electron chi connectivity index (χ3n) is 2.85. The molecule has 0 heterocycles. The second kappa shape index (κ2) is 7.02. The van der Waals surface area contributed by atoms with Gasteiger partial charge in [-0.3, -0.25) is 4.79 Å². The molecule has 1 aromatic rings. The van der Waals surface area contributed by atoms with Crippen LogP contribution in [-0.4, -0.2) is 45.5 Å². The normalized spacial score (nSPS) is 11.7. The van der Waals surface area contributed by atoms with Gasteiger partial charge in [0.05, 0.1) is 17.6 Å². The first-order chi connectivity index (χ1) is 9.61. The zero-order chi connectivity index (χ0) is 16.2. The van der Waals surface area contributed by atoms with E-state index in [2.05, 4.69) is 0 Å². The van der Waals surface area contributed by atoms with Gasteiger partial charge in [0.25, 0.3) is 5.91 Å². The Bertz CT molecular complexity index is 611. The van der Waals surface area contributed by atoms with Gasteiger partial charge < -0.3 is 9.64 Å². The Balaban J connectivity index is 2.89. The topological polar surface area (TPSA) is 89.7 Å². The third kappa shape index (κ3) is 5.45. The van der Waals surface area contributed by atoms with Crippen LogP contribution in [0.4, 0.5) is 0 Å². The van der Waals surface area contributed by atoms with Gasteiger partial charge in [0.2, 0.25) is 10.0 Å². The minimum atomic E-state index is -3.83. The number of aryl methyl sites for hydroxylation is 1. The number of hydrogen-bond acceptors (Lipinski definition) is 4. The highest BCUT2D eigenvalue weighted by Crippen LogP contribution is 2.15. The van der Waals surface area contributed by atoms with Crippen molar-refractivity contribution in [2.24, 2.45) is 5.14 Å². The van der Waals surface area contributed by atoms with Crippen LogP contribution in [0.15, 0.2) is 23.1 Å². The van der Waals surface area contributed by atoms with E-state index in [4.69, 9.17) is 9.88 Å². The van der Waals surface area contributed by atoms with E-state index in [0.717, 1.165) is 0 Å². The maximum atomic E-state index is 12.3. The largest absolute Gasteiger partial charge is 0.377 e. The van der Waals surface area contributed by atoms with Crippen LogP contribution in [0.3, 0.4) is 0 Å². The van der Waals surface area contributed by atoms with Crippen LogP contribution < -0.4 is 5.14 Å². The standard InChI is InChI=1S/C14H22N2O4S/c1-10(2)20-6-5-16(4)14(17)12-7-11(3)8-13(9-12)21(15,18)19/h7-10H,5-6H2,1-4H3,(H2,15,18,19). The molecule has 0 aliphatic carbocycles. The number of rotatable bonds is 6. The second-order valence-electron chi connectivity index (χ2n) is 5.23. The van der Waals surface area contributed by atoms with E-state index < -0.39 is 10.0 Å². The first-order valence-electron chi connectivity index (χ1n) is 6.63. The van der Waals surface area contributed by atoms with E-state index in [1.165, 1.54) is 17.0 Å². The molecule has 7 heteroatoms. The molecule has 0 aromatic heterocycles. The van der Waals surface area contributed by atoms with E-state index in [1.54, 1.807) is 20.0 Å². The number of nitrogens with zero attached hydrogens (tertiary/aromatic N) is 1. The molecule has 0 saturated carbocycles. The second-order valence-corrected chi connectivity index (χ2v) is 6.79. The van der Waals surface area contributed by atoms with Gasteiger partial charge in [-0.15, -0.1) is 0 Å². The molecule has 6 nitrogen and oxygen atoms in total. The molecule has 0 aliphatic rings. The van der Waals surface area contributed by atoms with Crippen molar-refractivity contribution in [3.63, 3.8) is 0 Å². The molecule has 0 unspecified atom stereocenters. The Morgan fingerprint density at radius 2 is 1.95 bits per heavy atom. The molecule has 118 valence electrons. The fourth-order valence-electron chi connectivity index (χ4n) is 1.78. The molecule has 0 spiro atoms. The summed E-state index contributed by atoms with van der Waals surface area (Å²) in [4.78, 5) is 13.7. The van der Waals surface area contributed by atoms with E-state index >= 15 is 0 Å². The average molecular weight is 314 g/mol. The zero-order valence-electron chi connectivity index (χ0n) is 12.8. The van der Waals surface area contributed by atoms with Crippen molar-refractivity contribution in [3.05, 3.63) is 29.3 Å². The summed E-state index contributed by atoms with van der Waals surface area (Å²) in [5.74, 6) is -0.268. The van der Waals surface area contributed by atoms with Crippen LogP contribution in [0, 0.1) is 6.92 Å². The number of ether oxygens (including phenoxy) is 1. The number of hydrogen-bond donors (Lipinski definition) is 1. The first kappa shape index (κ1) is 17.6. The number of likely N-dealkylation sites (N-methyl/N-ethyl adjacent to an activating group) is 1. The smallest absolute Gasteiger partial charge is 0.253 e. The van der Waals surface area contributed by atoms with Crippen LogP contribution in [0.2, 0.25) is 0 Å². The van der Waals surface area contributed by atoms with E-state index in [9.17, 15) is 13.2 Å². The summed E-state index contributed by atoms with van der Waals surface area (Å²) in [5.41, 5.74) is 0.961. The Labute approximate surface area is 125 Å². The number of carbonyl (C=O) groups excluding carboxylic acids is 1. The van der Waals surface area contributed by atoms with Gasteiger partial charge in [-0.2, -0.15) is 0 Å². The first-order valence-corrected chi connectivity index (χ1v) is 8.17. The molecule has 0 fully saturated rings. The van der Waals surface area contributed by atoms with E-state index in [0.29, 0.717) is 24.3 Å². The number of carbonyl (C=O) groups is 1. The average Bonchev–Trinajstić information content (AvgIpc) is 2.35. The minimum Gasteiger partial charge on any atom is -0.377 e. The summed E-state index contributed by atoms with van der Waals surface area (Å²) in [7, 11) is -2.19. The predicted molar refractivity (Wildman–Crippen MR) is 80.6 cm³/mol. The number of nitrogens with two attached hydrogens (primary N) is 1. The fraction of sp³-hybridized carbons (Fsp3) is 0.500. The molecule has 0 bridgehead atoms. The van der Waals surface area contributed by atoms with Crippen LogP contribution >= 0.6 is 0 Å². The summed E-state index contributed by atoms with van der Waals surface area (Å²) in [6.07, 6.45) is 0.0986. The Morgan fingerprint density at radius 3 is 2.48 bits per heavy atom.